The van der Waals surface area contributed by atoms with Crippen LogP contribution < -0.4 is 16.2 Å². The second-order valence-corrected chi connectivity index (χ2v) is 6.28. The van der Waals surface area contributed by atoms with Gasteiger partial charge in [0.2, 0.25) is 11.9 Å². The zero-order chi connectivity index (χ0) is 19.4. The van der Waals surface area contributed by atoms with Gasteiger partial charge in [-0.25, -0.2) is 13.8 Å². The summed E-state index contributed by atoms with van der Waals surface area (Å²) in [5.74, 6) is -0.664. The summed E-state index contributed by atoms with van der Waals surface area (Å²) in [6, 6.07) is 10.3. The molecule has 1 aliphatic heterocycles. The summed E-state index contributed by atoms with van der Waals surface area (Å²) in [4.78, 5) is 9.68. The van der Waals surface area contributed by atoms with Gasteiger partial charge in [-0.3, -0.25) is 0 Å². The Hall–Kier alpha value is -2.87. The average molecular weight is 394 g/mol. The summed E-state index contributed by atoms with van der Waals surface area (Å²) in [6.45, 7) is 0.782. The van der Waals surface area contributed by atoms with Crippen molar-refractivity contribution in [3.63, 3.8) is 0 Å². The van der Waals surface area contributed by atoms with Crippen molar-refractivity contribution in [2.45, 2.75) is 12.6 Å². The fraction of sp³-hybridized carbons (Fsp3) is 0.222. The van der Waals surface area contributed by atoms with Crippen LogP contribution >= 0.6 is 11.6 Å². The molecule has 27 heavy (non-hydrogen) atoms. The van der Waals surface area contributed by atoms with E-state index < -0.39 is 17.8 Å². The first kappa shape index (κ1) is 18.9. The van der Waals surface area contributed by atoms with Crippen molar-refractivity contribution in [3.05, 3.63) is 64.7 Å². The Balaban J connectivity index is 1.67. The van der Waals surface area contributed by atoms with Crippen LogP contribution in [0.15, 0.2) is 52.4 Å². The van der Waals surface area contributed by atoms with E-state index >= 15 is 0 Å². The lowest BCUT2D eigenvalue weighted by Crippen LogP contribution is -2.45. The SMILES string of the molecule is NC1=NC(c2ccc(F)cc2F)N(CCCOc2ccc(Cl)cc2)C(N)=N1. The minimum atomic E-state index is -0.821. The third-order valence-corrected chi connectivity index (χ3v) is 4.19. The summed E-state index contributed by atoms with van der Waals surface area (Å²) in [5.41, 5.74) is 11.8. The molecule has 9 heteroatoms. The highest BCUT2D eigenvalue weighted by molar-refractivity contribution is 6.30. The zero-order valence-electron chi connectivity index (χ0n) is 14.3. The predicted octanol–water partition coefficient (Wildman–Crippen LogP) is 3.03. The molecule has 4 N–H and O–H groups in total. The molecule has 1 heterocycles. The predicted molar refractivity (Wildman–Crippen MR) is 101 cm³/mol. The van der Waals surface area contributed by atoms with Gasteiger partial charge in [0.05, 0.1) is 6.61 Å². The molecule has 1 aliphatic rings. The van der Waals surface area contributed by atoms with Crippen molar-refractivity contribution in [2.24, 2.45) is 21.5 Å². The first-order valence-corrected chi connectivity index (χ1v) is 8.59. The second-order valence-electron chi connectivity index (χ2n) is 5.85. The minimum absolute atomic E-state index is 0.0603. The molecule has 0 saturated carbocycles. The molecular formula is C18H18ClF2N5O. The molecule has 1 atom stereocenters. The molecule has 0 bridgehead atoms. The second kappa shape index (κ2) is 8.22. The molecule has 0 aliphatic carbocycles. The van der Waals surface area contributed by atoms with Crippen LogP contribution in [0.5, 0.6) is 5.75 Å². The highest BCUT2D eigenvalue weighted by Crippen LogP contribution is 2.27. The fourth-order valence-electron chi connectivity index (χ4n) is 2.67. The van der Waals surface area contributed by atoms with Gasteiger partial charge in [-0.2, -0.15) is 4.99 Å². The summed E-state index contributed by atoms with van der Waals surface area (Å²) in [6.07, 6.45) is -0.258. The standard InChI is InChI=1S/C18H18ClF2N5O/c19-11-2-5-13(6-3-11)27-9-1-8-26-16(24-17(22)25-18(26)23)14-7-4-12(20)10-15(14)21/h2-7,10,16H,1,8-9H2,(H4,22,23,24,25). The van der Waals surface area contributed by atoms with Crippen LogP contribution in [0.2, 0.25) is 5.02 Å². The number of nitrogens with two attached hydrogens (primary N) is 2. The van der Waals surface area contributed by atoms with Crippen molar-refractivity contribution in [1.29, 1.82) is 0 Å². The molecule has 0 saturated heterocycles. The fourth-order valence-corrected chi connectivity index (χ4v) is 2.80. The normalized spacial score (nSPS) is 16.7. The molecular weight excluding hydrogens is 376 g/mol. The smallest absolute Gasteiger partial charge is 0.220 e. The van der Waals surface area contributed by atoms with Gasteiger partial charge in [0, 0.05) is 23.2 Å². The zero-order valence-corrected chi connectivity index (χ0v) is 15.0. The molecule has 142 valence electrons. The lowest BCUT2D eigenvalue weighted by molar-refractivity contribution is 0.255. The Morgan fingerprint density at radius 1 is 1.11 bits per heavy atom. The third kappa shape index (κ3) is 4.65. The Kier molecular flexibility index (Phi) is 5.75. The van der Waals surface area contributed by atoms with Crippen LogP contribution in [0.25, 0.3) is 0 Å². The largest absolute Gasteiger partial charge is 0.494 e. The van der Waals surface area contributed by atoms with E-state index in [9.17, 15) is 8.78 Å². The topological polar surface area (TPSA) is 89.2 Å². The van der Waals surface area contributed by atoms with E-state index in [2.05, 4.69) is 9.98 Å². The number of aliphatic imine (C=N–C) groups is 2. The minimum Gasteiger partial charge on any atom is -0.494 e. The molecule has 0 radical (unpaired) electrons. The quantitative estimate of drug-likeness (QED) is 0.738. The Bertz CT molecular complexity index is 873. The molecule has 0 aromatic heterocycles. The van der Waals surface area contributed by atoms with Gasteiger partial charge in [0.25, 0.3) is 0 Å². The number of halogens is 3. The van der Waals surface area contributed by atoms with E-state index in [1.807, 2.05) is 0 Å². The molecule has 2 aromatic rings. The van der Waals surface area contributed by atoms with Gasteiger partial charge in [-0.1, -0.05) is 11.6 Å². The highest BCUT2D eigenvalue weighted by Gasteiger charge is 2.28. The summed E-state index contributed by atoms with van der Waals surface area (Å²) < 4.78 is 33.1. The number of ether oxygens (including phenoxy) is 1. The molecule has 0 spiro atoms. The molecule has 3 rings (SSSR count). The van der Waals surface area contributed by atoms with Crippen LogP contribution in [0.3, 0.4) is 0 Å². The van der Waals surface area contributed by atoms with Crippen LogP contribution in [-0.2, 0) is 0 Å². The Morgan fingerprint density at radius 3 is 2.56 bits per heavy atom. The third-order valence-electron chi connectivity index (χ3n) is 3.94. The molecule has 0 amide bonds. The average Bonchev–Trinajstić information content (AvgIpc) is 2.61. The number of guanidine groups is 2. The summed E-state index contributed by atoms with van der Waals surface area (Å²) >= 11 is 5.83. The maximum absolute atomic E-state index is 14.2. The van der Waals surface area contributed by atoms with Gasteiger partial charge in [-0.15, -0.1) is 0 Å². The van der Waals surface area contributed by atoms with Gasteiger partial charge in [-0.05, 0) is 42.8 Å². The number of rotatable bonds is 6. The van der Waals surface area contributed by atoms with Gasteiger partial charge in [0.1, 0.15) is 17.4 Å². The summed E-state index contributed by atoms with van der Waals surface area (Å²) in [5, 5.41) is 0.624. The van der Waals surface area contributed by atoms with E-state index in [4.69, 9.17) is 27.8 Å². The van der Waals surface area contributed by atoms with Crippen LogP contribution in [0.4, 0.5) is 8.78 Å². The number of benzene rings is 2. The lowest BCUT2D eigenvalue weighted by atomic mass is 10.1. The maximum atomic E-state index is 14.2. The molecule has 2 aromatic carbocycles. The van der Waals surface area contributed by atoms with E-state index in [0.29, 0.717) is 30.3 Å². The van der Waals surface area contributed by atoms with Gasteiger partial charge >= 0.3 is 0 Å². The Labute approximate surface area is 160 Å². The molecule has 6 nitrogen and oxygen atoms in total. The molecule has 1 unspecified atom stereocenters. The van der Waals surface area contributed by atoms with Gasteiger partial charge in [0.15, 0.2) is 6.17 Å². The van der Waals surface area contributed by atoms with E-state index in [0.717, 1.165) is 12.1 Å². The van der Waals surface area contributed by atoms with Crippen molar-refractivity contribution < 1.29 is 13.5 Å². The highest BCUT2D eigenvalue weighted by atomic mass is 35.5. The first-order valence-electron chi connectivity index (χ1n) is 8.21. The van der Waals surface area contributed by atoms with E-state index in [1.54, 1.807) is 29.2 Å². The first-order chi connectivity index (χ1) is 12.9. The van der Waals surface area contributed by atoms with Crippen LogP contribution in [0.1, 0.15) is 18.2 Å². The monoisotopic (exact) mass is 393 g/mol. The van der Waals surface area contributed by atoms with E-state index in [1.165, 1.54) is 6.07 Å². The van der Waals surface area contributed by atoms with Crippen molar-refractivity contribution in [2.75, 3.05) is 13.2 Å². The van der Waals surface area contributed by atoms with Gasteiger partial charge < -0.3 is 21.1 Å². The number of hydrogen-bond donors (Lipinski definition) is 2. The number of nitrogens with zero attached hydrogens (tertiary/aromatic N) is 3. The van der Waals surface area contributed by atoms with Crippen molar-refractivity contribution >= 4 is 23.5 Å². The van der Waals surface area contributed by atoms with Crippen molar-refractivity contribution in [3.8, 4) is 5.75 Å². The molecule has 0 fully saturated rings. The van der Waals surface area contributed by atoms with Crippen molar-refractivity contribution in [1.82, 2.24) is 4.90 Å². The van der Waals surface area contributed by atoms with E-state index in [-0.39, 0.29) is 17.5 Å². The Morgan fingerprint density at radius 2 is 1.85 bits per heavy atom. The van der Waals surface area contributed by atoms with Crippen LogP contribution in [0, 0.1) is 11.6 Å². The van der Waals surface area contributed by atoms with Crippen LogP contribution in [-0.4, -0.2) is 30.0 Å². The number of hydrogen-bond acceptors (Lipinski definition) is 6. The summed E-state index contributed by atoms with van der Waals surface area (Å²) in [7, 11) is 0. The maximum Gasteiger partial charge on any atom is 0.220 e. The lowest BCUT2D eigenvalue weighted by Gasteiger charge is -2.32.